The van der Waals surface area contributed by atoms with Gasteiger partial charge < -0.3 is 19.9 Å². The zero-order valence-corrected chi connectivity index (χ0v) is 21.1. The smallest absolute Gasteiger partial charge is 0.273 e. The number of fused-ring (bicyclic) bond motifs is 2. The highest BCUT2D eigenvalue weighted by Gasteiger charge is 2.42. The average Bonchev–Trinajstić information content (AvgIpc) is 3.56. The molecule has 0 spiro atoms. The molecule has 5 aliphatic rings. The maximum absolute atomic E-state index is 12.7. The van der Waals surface area contributed by atoms with Crippen molar-refractivity contribution in [1.29, 1.82) is 0 Å². The number of rotatable bonds is 9. The summed E-state index contributed by atoms with van der Waals surface area (Å²) < 4.78 is 10.8. The van der Waals surface area contributed by atoms with Crippen molar-refractivity contribution < 1.29 is 14.1 Å². The molecule has 1 aromatic rings. The van der Waals surface area contributed by atoms with E-state index in [4.69, 9.17) is 9.26 Å². The molecule has 5 fully saturated rings. The predicted molar refractivity (Wildman–Crippen MR) is 133 cm³/mol. The molecular weight excluding hydrogens is 442 g/mol. The van der Waals surface area contributed by atoms with Crippen LogP contribution in [0.5, 0.6) is 0 Å². The fraction of sp³-hybridized carbons (Fsp3) is 0.852. The number of nitrogens with zero attached hydrogens (tertiary/aromatic N) is 3. The third kappa shape index (κ3) is 5.92. The van der Waals surface area contributed by atoms with Crippen LogP contribution in [0.25, 0.3) is 0 Å². The van der Waals surface area contributed by atoms with Gasteiger partial charge in [0.2, 0.25) is 0 Å². The lowest BCUT2D eigenvalue weighted by Gasteiger charge is -2.42. The highest BCUT2D eigenvalue weighted by Crippen LogP contribution is 2.40. The maximum Gasteiger partial charge on any atom is 0.273 e. The zero-order valence-electron chi connectivity index (χ0n) is 21.1. The number of hydrogen-bond donors (Lipinski definition) is 2. The van der Waals surface area contributed by atoms with Crippen LogP contribution in [-0.2, 0) is 4.74 Å². The van der Waals surface area contributed by atoms with Gasteiger partial charge in [0.05, 0.1) is 13.2 Å². The van der Waals surface area contributed by atoms with E-state index in [0.29, 0.717) is 29.7 Å². The minimum absolute atomic E-state index is 0.0575. The average molecular weight is 486 g/mol. The molecule has 35 heavy (non-hydrogen) atoms. The third-order valence-electron chi connectivity index (χ3n) is 9.24. The first-order chi connectivity index (χ1) is 17.2. The molecule has 0 radical (unpaired) electrons. The van der Waals surface area contributed by atoms with E-state index in [2.05, 4.69) is 25.6 Å². The van der Waals surface area contributed by atoms with E-state index in [0.717, 1.165) is 76.8 Å². The van der Waals surface area contributed by atoms with Gasteiger partial charge in [-0.1, -0.05) is 5.16 Å². The summed E-state index contributed by atoms with van der Waals surface area (Å²) in [7, 11) is 0. The van der Waals surface area contributed by atoms with Gasteiger partial charge in [-0.2, -0.15) is 0 Å². The van der Waals surface area contributed by atoms with Crippen LogP contribution >= 0.6 is 0 Å². The van der Waals surface area contributed by atoms with Gasteiger partial charge in [0.1, 0.15) is 5.76 Å². The summed E-state index contributed by atoms with van der Waals surface area (Å²) in [5.41, 5.74) is 0.456. The van der Waals surface area contributed by atoms with Crippen LogP contribution in [0.3, 0.4) is 0 Å². The zero-order chi connectivity index (χ0) is 23.6. The monoisotopic (exact) mass is 485 g/mol. The molecule has 194 valence electrons. The molecule has 3 aliphatic heterocycles. The van der Waals surface area contributed by atoms with E-state index in [9.17, 15) is 4.79 Å². The summed E-state index contributed by atoms with van der Waals surface area (Å²) >= 11 is 0. The van der Waals surface area contributed by atoms with E-state index in [1.807, 2.05) is 6.07 Å². The molecular formula is C27H43N5O3. The first-order valence-electron chi connectivity index (χ1n) is 14.3. The molecule has 2 bridgehead atoms. The second-order valence-corrected chi connectivity index (χ2v) is 11.7. The molecule has 1 unspecified atom stereocenters. The summed E-state index contributed by atoms with van der Waals surface area (Å²) in [5, 5.41) is 11.1. The largest absolute Gasteiger partial charge is 0.379 e. The Morgan fingerprint density at radius 1 is 0.971 bits per heavy atom. The van der Waals surface area contributed by atoms with Crippen LogP contribution in [-0.4, -0.2) is 91.0 Å². The van der Waals surface area contributed by atoms with Crippen LogP contribution in [0, 0.1) is 5.92 Å². The minimum atomic E-state index is -0.0575. The number of carbonyl (C=O) groups is 1. The van der Waals surface area contributed by atoms with Gasteiger partial charge in [-0.3, -0.25) is 14.6 Å². The minimum Gasteiger partial charge on any atom is -0.379 e. The van der Waals surface area contributed by atoms with Crippen molar-refractivity contribution >= 4 is 5.91 Å². The standard InChI is InChI=1S/C27H43N5O3/c33-27(25-17-26(35-30-25)20-3-4-20)29-22-15-23-7-8-24(16-22)32(23)18-19-1-5-21(6-2-19)28-9-10-31-11-13-34-14-12-31/h17,19-24,28H,1-16,18H2,(H,29,33)/t19?,21?,22?,23-,24+. The predicted octanol–water partition coefficient (Wildman–Crippen LogP) is 2.76. The Labute approximate surface area is 209 Å². The Balaban J connectivity index is 0.912. The Kier molecular flexibility index (Phi) is 7.42. The normalized spacial score (nSPS) is 34.2. The topological polar surface area (TPSA) is 82.9 Å². The molecule has 2 aliphatic carbocycles. The Morgan fingerprint density at radius 2 is 1.71 bits per heavy atom. The third-order valence-corrected chi connectivity index (χ3v) is 9.24. The van der Waals surface area contributed by atoms with Gasteiger partial charge in [0.15, 0.2) is 5.69 Å². The molecule has 1 aromatic heterocycles. The molecule has 4 heterocycles. The van der Waals surface area contributed by atoms with Crippen molar-refractivity contribution in [3.63, 3.8) is 0 Å². The number of carbonyl (C=O) groups excluding carboxylic acids is 1. The van der Waals surface area contributed by atoms with Gasteiger partial charge in [0.25, 0.3) is 5.91 Å². The first-order valence-corrected chi connectivity index (χ1v) is 14.3. The van der Waals surface area contributed by atoms with Gasteiger partial charge in [-0.05, 0) is 70.1 Å². The van der Waals surface area contributed by atoms with E-state index >= 15 is 0 Å². The van der Waals surface area contributed by atoms with E-state index in [1.165, 1.54) is 45.1 Å². The molecule has 2 saturated carbocycles. The number of amides is 1. The van der Waals surface area contributed by atoms with Gasteiger partial charge >= 0.3 is 0 Å². The van der Waals surface area contributed by atoms with Gasteiger partial charge in [-0.25, -0.2) is 0 Å². The lowest BCUT2D eigenvalue weighted by molar-refractivity contribution is 0.0377. The van der Waals surface area contributed by atoms with Crippen molar-refractivity contribution in [3.8, 4) is 0 Å². The van der Waals surface area contributed by atoms with Crippen molar-refractivity contribution in [1.82, 2.24) is 25.6 Å². The summed E-state index contributed by atoms with van der Waals surface area (Å²) in [4.78, 5) is 18.1. The summed E-state index contributed by atoms with van der Waals surface area (Å²) in [6.07, 6.45) is 12.4. The number of aromatic nitrogens is 1. The Hall–Kier alpha value is -1.48. The Bertz CT molecular complexity index is 830. The summed E-state index contributed by atoms with van der Waals surface area (Å²) in [6, 6.07) is 4.07. The first kappa shape index (κ1) is 23.9. The molecule has 8 heteroatoms. The van der Waals surface area contributed by atoms with Crippen LogP contribution in [0.15, 0.2) is 10.6 Å². The summed E-state index contributed by atoms with van der Waals surface area (Å²) in [5.74, 6) is 2.14. The number of morpholine rings is 1. The molecule has 0 aromatic carbocycles. The fourth-order valence-corrected chi connectivity index (χ4v) is 7.00. The van der Waals surface area contributed by atoms with E-state index in [1.54, 1.807) is 0 Å². The number of hydrogen-bond acceptors (Lipinski definition) is 7. The van der Waals surface area contributed by atoms with Crippen LogP contribution in [0.1, 0.15) is 86.4 Å². The van der Waals surface area contributed by atoms with Crippen molar-refractivity contribution in [2.45, 2.75) is 94.3 Å². The Morgan fingerprint density at radius 3 is 2.43 bits per heavy atom. The molecule has 3 saturated heterocycles. The highest BCUT2D eigenvalue weighted by atomic mass is 16.5. The van der Waals surface area contributed by atoms with E-state index < -0.39 is 0 Å². The second kappa shape index (κ2) is 10.9. The number of piperidine rings is 1. The quantitative estimate of drug-likeness (QED) is 0.557. The van der Waals surface area contributed by atoms with Crippen LogP contribution < -0.4 is 10.6 Å². The molecule has 3 atom stereocenters. The maximum atomic E-state index is 12.7. The van der Waals surface area contributed by atoms with Crippen LogP contribution in [0.2, 0.25) is 0 Å². The van der Waals surface area contributed by atoms with Crippen molar-refractivity contribution in [3.05, 3.63) is 17.5 Å². The van der Waals surface area contributed by atoms with Crippen LogP contribution in [0.4, 0.5) is 0 Å². The SMILES string of the molecule is O=C(NC1C[C@H]2CC[C@@H](C1)N2CC1CCC(NCCN2CCOCC2)CC1)c1cc(C2CC2)on1. The number of nitrogens with one attached hydrogen (secondary N) is 2. The van der Waals surface area contributed by atoms with E-state index in [-0.39, 0.29) is 11.9 Å². The van der Waals surface area contributed by atoms with Gasteiger partial charge in [-0.15, -0.1) is 0 Å². The molecule has 2 N–H and O–H groups in total. The lowest BCUT2D eigenvalue weighted by Crippen LogP contribution is -2.52. The van der Waals surface area contributed by atoms with Gasteiger partial charge in [0, 0.05) is 68.9 Å². The van der Waals surface area contributed by atoms with Crippen molar-refractivity contribution in [2.24, 2.45) is 5.92 Å². The molecule has 6 rings (SSSR count). The molecule has 8 nitrogen and oxygen atoms in total. The van der Waals surface area contributed by atoms with Crippen molar-refractivity contribution in [2.75, 3.05) is 45.9 Å². The second-order valence-electron chi connectivity index (χ2n) is 11.7. The molecule has 1 amide bonds. The lowest BCUT2D eigenvalue weighted by atomic mass is 9.84. The highest BCUT2D eigenvalue weighted by molar-refractivity contribution is 5.92. The number of ether oxygens (including phenoxy) is 1. The summed E-state index contributed by atoms with van der Waals surface area (Å²) in [6.45, 7) is 7.45. The fourth-order valence-electron chi connectivity index (χ4n) is 7.00.